The van der Waals surface area contributed by atoms with Crippen LogP contribution in [0.3, 0.4) is 0 Å². The smallest absolute Gasteiger partial charge is 0.166 e. The zero-order valence-electron chi connectivity index (χ0n) is 12.1. The van der Waals surface area contributed by atoms with Gasteiger partial charge in [-0.1, -0.05) is 49.6 Å². The molecule has 6 heteroatoms. The van der Waals surface area contributed by atoms with Crippen molar-refractivity contribution in [3.63, 3.8) is 0 Å². The van der Waals surface area contributed by atoms with Crippen molar-refractivity contribution in [3.8, 4) is 0 Å². The van der Waals surface area contributed by atoms with Crippen LogP contribution < -0.4 is 0 Å². The van der Waals surface area contributed by atoms with Crippen molar-refractivity contribution in [2.75, 3.05) is 0 Å². The van der Waals surface area contributed by atoms with E-state index in [1.807, 2.05) is 0 Å². The van der Waals surface area contributed by atoms with E-state index in [0.29, 0.717) is 0 Å². The Kier molecular flexibility index (Phi) is 7.16. The van der Waals surface area contributed by atoms with E-state index in [2.05, 4.69) is 13.2 Å². The number of hydrogen-bond acceptors (Lipinski definition) is 0. The predicted octanol–water partition coefficient (Wildman–Crippen LogP) is 6.23. The Balaban J connectivity index is 6.45. The van der Waals surface area contributed by atoms with Crippen LogP contribution in [0.2, 0.25) is 0 Å². The monoisotopic (exact) mass is 322 g/mol. The molecule has 0 aromatic heterocycles. The fourth-order valence-electron chi connectivity index (χ4n) is 1.83. The largest absolute Gasteiger partial charge is 0.416 e. The molecule has 0 unspecified atom stereocenters. The van der Waals surface area contributed by atoms with Crippen LogP contribution in [0.25, 0.3) is 0 Å². The topological polar surface area (TPSA) is 0 Å². The van der Waals surface area contributed by atoms with Gasteiger partial charge in [0.25, 0.3) is 0 Å². The lowest BCUT2D eigenvalue weighted by molar-refractivity contribution is -0.0930. The van der Waals surface area contributed by atoms with E-state index in [1.165, 1.54) is 0 Å². The highest BCUT2D eigenvalue weighted by Crippen LogP contribution is 2.41. The third-order valence-corrected chi connectivity index (χ3v) is 2.63. The number of hydrogen-bond donors (Lipinski definition) is 0. The van der Waals surface area contributed by atoms with Crippen molar-refractivity contribution in [2.24, 2.45) is 0 Å². The normalized spacial score (nSPS) is 15.8. The summed E-state index contributed by atoms with van der Waals surface area (Å²) < 4.78 is 78.4. The first-order chi connectivity index (χ1) is 10.0. The van der Waals surface area contributed by atoms with Gasteiger partial charge in [-0.05, 0) is 25.0 Å². The van der Waals surface area contributed by atoms with E-state index < -0.39 is 34.6 Å². The third-order valence-electron chi connectivity index (χ3n) is 2.63. The zero-order chi connectivity index (χ0) is 17.6. The fraction of sp³-hybridized carbons (Fsp3) is 0.250. The number of alkyl halides is 6. The van der Waals surface area contributed by atoms with E-state index in [4.69, 9.17) is 0 Å². The Bertz CT molecular complexity index is 486. The van der Waals surface area contributed by atoms with Crippen LogP contribution in [0.5, 0.6) is 0 Å². The van der Waals surface area contributed by atoms with Crippen LogP contribution >= 0.6 is 0 Å². The summed E-state index contributed by atoms with van der Waals surface area (Å²) in [5, 5.41) is 0. The maximum atomic E-state index is 13.1. The standard InChI is InChI=1S/C16H16F6/c1-5-9-11(13(7-3)15(17,18)19)12(10-6-2)14(8-4)16(20,21)22/h5-10H,1-2H2,3-4H3/b11-9-,12-10-,13-7+,14-8+. The summed E-state index contributed by atoms with van der Waals surface area (Å²) in [4.78, 5) is 0. The number of halogens is 6. The average Bonchev–Trinajstić information content (AvgIpc) is 2.35. The molecule has 0 N–H and O–H groups in total. The summed E-state index contributed by atoms with van der Waals surface area (Å²) in [6.45, 7) is 8.74. The van der Waals surface area contributed by atoms with Crippen molar-refractivity contribution in [3.05, 3.63) is 71.9 Å². The van der Waals surface area contributed by atoms with Crippen LogP contribution in [-0.4, -0.2) is 12.4 Å². The van der Waals surface area contributed by atoms with Gasteiger partial charge in [-0.25, -0.2) is 0 Å². The molecule has 0 bridgehead atoms. The van der Waals surface area contributed by atoms with Gasteiger partial charge in [-0.3, -0.25) is 0 Å². The lowest BCUT2D eigenvalue weighted by atomic mass is 9.90. The molecule has 0 radical (unpaired) electrons. The fourth-order valence-corrected chi connectivity index (χ4v) is 1.83. The Hall–Kier alpha value is -1.98. The molecule has 0 heterocycles. The molecule has 122 valence electrons. The summed E-state index contributed by atoms with van der Waals surface area (Å²) in [6.07, 6.45) is -4.36. The number of allylic oxidation sites excluding steroid dienone is 10. The molecular formula is C16H16F6. The van der Waals surface area contributed by atoms with Gasteiger partial charge in [0, 0.05) is 0 Å². The van der Waals surface area contributed by atoms with E-state index >= 15 is 0 Å². The predicted molar refractivity (Wildman–Crippen MR) is 76.2 cm³/mol. The second kappa shape index (κ2) is 7.87. The first-order valence-corrected chi connectivity index (χ1v) is 6.18. The molecule has 0 nitrogen and oxygen atoms in total. The molecule has 0 rings (SSSR count). The molecule has 22 heavy (non-hydrogen) atoms. The zero-order valence-corrected chi connectivity index (χ0v) is 12.1. The second-order valence-corrected chi connectivity index (χ2v) is 4.03. The van der Waals surface area contributed by atoms with Crippen molar-refractivity contribution in [2.45, 2.75) is 26.2 Å². The van der Waals surface area contributed by atoms with Crippen LogP contribution in [0.4, 0.5) is 26.3 Å². The average molecular weight is 322 g/mol. The maximum absolute atomic E-state index is 13.1. The van der Waals surface area contributed by atoms with E-state index in [0.717, 1.165) is 50.3 Å². The van der Waals surface area contributed by atoms with Gasteiger partial charge >= 0.3 is 12.4 Å². The molecule has 0 fully saturated rings. The van der Waals surface area contributed by atoms with Crippen molar-refractivity contribution < 1.29 is 26.3 Å². The SMILES string of the molecule is C=C/C=C(C(=C/C=C)/C(=C\C)C(F)(F)F)\C(=C/C)C(F)(F)F. The lowest BCUT2D eigenvalue weighted by Gasteiger charge is -2.21. The van der Waals surface area contributed by atoms with Crippen molar-refractivity contribution in [1.29, 1.82) is 0 Å². The maximum Gasteiger partial charge on any atom is 0.416 e. The molecule has 0 aliphatic carbocycles. The minimum absolute atomic E-state index is 0.615. The molecule has 0 aliphatic rings. The Morgan fingerprint density at radius 3 is 1.09 bits per heavy atom. The molecule has 0 aromatic rings. The second-order valence-electron chi connectivity index (χ2n) is 4.03. The highest BCUT2D eigenvalue weighted by atomic mass is 19.4. The minimum atomic E-state index is -4.80. The summed E-state index contributed by atoms with van der Waals surface area (Å²) in [5.41, 5.74) is -3.58. The lowest BCUT2D eigenvalue weighted by Crippen LogP contribution is -2.20. The molecule has 0 spiro atoms. The quantitative estimate of drug-likeness (QED) is 0.416. The molecule has 0 atom stereocenters. The van der Waals surface area contributed by atoms with Crippen LogP contribution in [0.1, 0.15) is 13.8 Å². The highest BCUT2D eigenvalue weighted by Gasteiger charge is 2.41. The first-order valence-electron chi connectivity index (χ1n) is 6.18. The van der Waals surface area contributed by atoms with Gasteiger partial charge in [0.05, 0.1) is 11.1 Å². The molecule has 0 aromatic carbocycles. The Morgan fingerprint density at radius 2 is 0.955 bits per heavy atom. The van der Waals surface area contributed by atoms with Gasteiger partial charge in [0.15, 0.2) is 0 Å². The Morgan fingerprint density at radius 1 is 0.682 bits per heavy atom. The molecular weight excluding hydrogens is 306 g/mol. The van der Waals surface area contributed by atoms with Gasteiger partial charge in [-0.2, -0.15) is 26.3 Å². The van der Waals surface area contributed by atoms with E-state index in [-0.39, 0.29) is 0 Å². The summed E-state index contributed by atoms with van der Waals surface area (Å²) in [6, 6.07) is 0. The number of rotatable bonds is 5. The van der Waals surface area contributed by atoms with Gasteiger partial charge in [0.2, 0.25) is 0 Å². The van der Waals surface area contributed by atoms with E-state index in [1.54, 1.807) is 0 Å². The Labute approximate surface area is 125 Å². The highest BCUT2D eigenvalue weighted by molar-refractivity contribution is 5.60. The molecule has 0 saturated carbocycles. The van der Waals surface area contributed by atoms with Crippen LogP contribution in [0, 0.1) is 0 Å². The summed E-state index contributed by atoms with van der Waals surface area (Å²) in [7, 11) is 0. The van der Waals surface area contributed by atoms with Crippen molar-refractivity contribution in [1.82, 2.24) is 0 Å². The first kappa shape index (κ1) is 20.0. The summed E-state index contributed by atoms with van der Waals surface area (Å²) in [5.74, 6) is 0. The van der Waals surface area contributed by atoms with Crippen molar-refractivity contribution >= 4 is 0 Å². The van der Waals surface area contributed by atoms with Crippen LogP contribution in [0.15, 0.2) is 71.9 Å². The minimum Gasteiger partial charge on any atom is -0.166 e. The van der Waals surface area contributed by atoms with Gasteiger partial charge in [0.1, 0.15) is 0 Å². The molecule has 0 aliphatic heterocycles. The van der Waals surface area contributed by atoms with E-state index in [9.17, 15) is 26.3 Å². The molecule has 0 amide bonds. The molecule has 0 saturated heterocycles. The summed E-state index contributed by atoms with van der Waals surface area (Å²) >= 11 is 0. The van der Waals surface area contributed by atoms with Gasteiger partial charge < -0.3 is 0 Å². The van der Waals surface area contributed by atoms with Crippen LogP contribution in [-0.2, 0) is 0 Å². The van der Waals surface area contributed by atoms with Gasteiger partial charge in [-0.15, -0.1) is 0 Å². The third kappa shape index (κ3) is 5.09.